The van der Waals surface area contributed by atoms with E-state index in [2.05, 4.69) is 5.32 Å². The second-order valence-electron chi connectivity index (χ2n) is 2.73. The Labute approximate surface area is 77.3 Å². The molecule has 0 heterocycles. The van der Waals surface area contributed by atoms with Crippen LogP contribution in [0.3, 0.4) is 0 Å². The monoisotopic (exact) mass is 193 g/mol. The van der Waals surface area contributed by atoms with Gasteiger partial charge in [0.1, 0.15) is 0 Å². The molecule has 12 heavy (non-hydrogen) atoms. The van der Waals surface area contributed by atoms with E-state index in [0.29, 0.717) is 0 Å². The lowest BCUT2D eigenvalue weighted by molar-refractivity contribution is 0.194. The van der Waals surface area contributed by atoms with Gasteiger partial charge in [-0.1, -0.05) is 0 Å². The van der Waals surface area contributed by atoms with Gasteiger partial charge in [-0.2, -0.15) is 0 Å². The summed E-state index contributed by atoms with van der Waals surface area (Å²) >= 11 is 0. The average molecular weight is 193 g/mol. The minimum Gasteiger partial charge on any atom is -0.385 e. The topological polar surface area (TPSA) is 38.3 Å². The molecular formula is C8H19NO2S. The van der Waals surface area contributed by atoms with Crippen LogP contribution in [-0.4, -0.2) is 43.0 Å². The quantitative estimate of drug-likeness (QED) is 0.566. The van der Waals surface area contributed by atoms with Crippen LogP contribution in [0, 0.1) is 0 Å². The van der Waals surface area contributed by atoms with Crippen LogP contribution in [0.2, 0.25) is 0 Å². The summed E-state index contributed by atoms with van der Waals surface area (Å²) in [7, 11) is 1.07. The highest BCUT2D eigenvalue weighted by molar-refractivity contribution is 7.84. The minimum absolute atomic E-state index is 0.639. The first kappa shape index (κ1) is 12.1. The molecule has 0 saturated heterocycles. The smallest absolute Gasteiger partial charge is 0.0474 e. The molecule has 0 bridgehead atoms. The number of methoxy groups -OCH3 is 1. The molecule has 1 unspecified atom stereocenters. The Balaban J connectivity index is 2.86. The molecule has 0 fully saturated rings. The normalized spacial score (nSPS) is 13.2. The van der Waals surface area contributed by atoms with Gasteiger partial charge in [-0.15, -0.1) is 0 Å². The fourth-order valence-electron chi connectivity index (χ4n) is 0.867. The molecule has 0 spiro atoms. The standard InChI is InChI=1S/C8H19NO2S/c1-11-7-3-5-9-6-4-8-12(2)10/h9H,3-8H2,1-2H3. The lowest BCUT2D eigenvalue weighted by Gasteiger charge is -2.02. The van der Waals surface area contributed by atoms with Crippen molar-refractivity contribution >= 4 is 10.8 Å². The van der Waals surface area contributed by atoms with Crippen molar-refractivity contribution in [1.29, 1.82) is 0 Å². The van der Waals surface area contributed by atoms with Gasteiger partial charge in [-0.25, -0.2) is 0 Å². The van der Waals surface area contributed by atoms with Crippen molar-refractivity contribution in [2.45, 2.75) is 12.8 Å². The minimum atomic E-state index is -0.639. The van der Waals surface area contributed by atoms with Crippen LogP contribution < -0.4 is 5.32 Å². The molecule has 0 aliphatic carbocycles. The number of ether oxygens (including phenoxy) is 1. The maximum Gasteiger partial charge on any atom is 0.0474 e. The zero-order chi connectivity index (χ0) is 9.23. The lowest BCUT2D eigenvalue weighted by atomic mass is 10.4. The van der Waals surface area contributed by atoms with Crippen molar-refractivity contribution in [3.63, 3.8) is 0 Å². The summed E-state index contributed by atoms with van der Waals surface area (Å²) < 4.78 is 15.5. The molecule has 0 aliphatic heterocycles. The van der Waals surface area contributed by atoms with E-state index in [4.69, 9.17) is 4.74 Å². The second kappa shape index (κ2) is 9.16. The number of hydrogen-bond acceptors (Lipinski definition) is 3. The Morgan fingerprint density at radius 1 is 1.33 bits per heavy atom. The molecule has 1 atom stereocenters. The third-order valence-corrected chi connectivity index (χ3v) is 2.35. The van der Waals surface area contributed by atoms with Gasteiger partial charge >= 0.3 is 0 Å². The largest absolute Gasteiger partial charge is 0.385 e. The molecule has 4 heteroatoms. The lowest BCUT2D eigenvalue weighted by Crippen LogP contribution is -2.19. The molecular weight excluding hydrogens is 174 g/mol. The summed E-state index contributed by atoms with van der Waals surface area (Å²) in [6.45, 7) is 2.76. The molecule has 3 nitrogen and oxygen atoms in total. The fourth-order valence-corrected chi connectivity index (χ4v) is 1.42. The van der Waals surface area contributed by atoms with Gasteiger partial charge in [-0.3, -0.25) is 4.21 Å². The molecule has 0 radical (unpaired) electrons. The second-order valence-corrected chi connectivity index (χ2v) is 4.28. The Kier molecular flexibility index (Phi) is 9.21. The molecule has 1 N–H and O–H groups in total. The highest BCUT2D eigenvalue weighted by Crippen LogP contribution is 1.82. The van der Waals surface area contributed by atoms with E-state index >= 15 is 0 Å². The van der Waals surface area contributed by atoms with E-state index in [1.165, 1.54) is 0 Å². The van der Waals surface area contributed by atoms with Crippen LogP contribution in [0.15, 0.2) is 0 Å². The van der Waals surface area contributed by atoms with E-state index < -0.39 is 10.8 Å². The average Bonchev–Trinajstić information content (AvgIpc) is 2.02. The van der Waals surface area contributed by atoms with E-state index in [-0.39, 0.29) is 0 Å². The molecule has 0 aromatic rings. The van der Waals surface area contributed by atoms with Crippen molar-refractivity contribution < 1.29 is 8.95 Å². The fraction of sp³-hybridized carbons (Fsp3) is 1.00. The van der Waals surface area contributed by atoms with E-state index in [1.54, 1.807) is 13.4 Å². The van der Waals surface area contributed by atoms with Crippen molar-refractivity contribution in [2.75, 3.05) is 38.8 Å². The first-order valence-corrected chi connectivity index (χ1v) is 5.99. The van der Waals surface area contributed by atoms with Gasteiger partial charge in [0, 0.05) is 36.5 Å². The van der Waals surface area contributed by atoms with Gasteiger partial charge in [0.2, 0.25) is 0 Å². The molecule has 0 rings (SSSR count). The van der Waals surface area contributed by atoms with Crippen molar-refractivity contribution in [3.05, 3.63) is 0 Å². The number of rotatable bonds is 8. The Morgan fingerprint density at radius 2 is 2.00 bits per heavy atom. The number of hydrogen-bond donors (Lipinski definition) is 1. The molecule has 0 aliphatic rings. The summed E-state index contributed by atoms with van der Waals surface area (Å²) in [5.41, 5.74) is 0. The van der Waals surface area contributed by atoms with Gasteiger partial charge in [0.05, 0.1) is 0 Å². The van der Waals surface area contributed by atoms with Gasteiger partial charge in [-0.05, 0) is 25.9 Å². The van der Waals surface area contributed by atoms with Crippen LogP contribution in [0.1, 0.15) is 12.8 Å². The molecule has 0 aromatic heterocycles. The highest BCUT2D eigenvalue weighted by Gasteiger charge is 1.91. The van der Waals surface area contributed by atoms with Gasteiger partial charge in [0.15, 0.2) is 0 Å². The molecule has 0 aromatic carbocycles. The zero-order valence-electron chi connectivity index (χ0n) is 7.97. The summed E-state index contributed by atoms with van der Waals surface area (Å²) in [5.74, 6) is 0.803. The summed E-state index contributed by atoms with van der Waals surface area (Å²) in [4.78, 5) is 0. The third-order valence-electron chi connectivity index (χ3n) is 1.49. The third kappa shape index (κ3) is 10.1. The van der Waals surface area contributed by atoms with Crippen molar-refractivity contribution in [1.82, 2.24) is 5.32 Å². The van der Waals surface area contributed by atoms with Crippen LogP contribution in [0.4, 0.5) is 0 Å². The van der Waals surface area contributed by atoms with Gasteiger partial charge in [0.25, 0.3) is 0 Å². The van der Waals surface area contributed by atoms with Crippen LogP contribution in [-0.2, 0) is 15.5 Å². The van der Waals surface area contributed by atoms with Crippen molar-refractivity contribution in [2.24, 2.45) is 0 Å². The van der Waals surface area contributed by atoms with Crippen LogP contribution >= 0.6 is 0 Å². The maximum atomic E-state index is 10.6. The van der Waals surface area contributed by atoms with E-state index in [9.17, 15) is 4.21 Å². The summed E-state index contributed by atoms with van der Waals surface area (Å²) in [6, 6.07) is 0. The van der Waals surface area contributed by atoms with E-state index in [0.717, 1.165) is 38.3 Å². The first-order chi connectivity index (χ1) is 5.77. The van der Waals surface area contributed by atoms with Crippen LogP contribution in [0.5, 0.6) is 0 Å². The maximum absolute atomic E-state index is 10.6. The van der Waals surface area contributed by atoms with E-state index in [1.807, 2.05) is 0 Å². The first-order valence-electron chi connectivity index (χ1n) is 4.27. The summed E-state index contributed by atoms with van der Waals surface area (Å²) in [5, 5.41) is 3.26. The predicted octanol–water partition coefficient (Wildman–Crippen LogP) is 0.381. The van der Waals surface area contributed by atoms with Gasteiger partial charge < -0.3 is 10.1 Å². The Bertz CT molecular complexity index is 120. The predicted molar refractivity (Wildman–Crippen MR) is 52.9 cm³/mol. The Hall–Kier alpha value is 0.0700. The Morgan fingerprint density at radius 3 is 2.58 bits per heavy atom. The van der Waals surface area contributed by atoms with Crippen molar-refractivity contribution in [3.8, 4) is 0 Å². The SMILES string of the molecule is COCCCNCCCS(C)=O. The summed E-state index contributed by atoms with van der Waals surface area (Å²) in [6.07, 6.45) is 3.78. The highest BCUT2D eigenvalue weighted by atomic mass is 32.2. The zero-order valence-corrected chi connectivity index (χ0v) is 8.78. The number of nitrogens with one attached hydrogen (secondary N) is 1. The molecule has 0 amide bonds. The van der Waals surface area contributed by atoms with Crippen LogP contribution in [0.25, 0.3) is 0 Å². The molecule has 74 valence electrons. The molecule has 0 saturated carbocycles.